The van der Waals surface area contributed by atoms with E-state index in [9.17, 15) is 0 Å². The lowest BCUT2D eigenvalue weighted by Crippen LogP contribution is -2.48. The van der Waals surface area contributed by atoms with E-state index in [1.807, 2.05) is 12.4 Å². The summed E-state index contributed by atoms with van der Waals surface area (Å²) in [5.74, 6) is 6.72. The normalized spacial score (nSPS) is 22.6. The minimum atomic E-state index is 0.156. The average Bonchev–Trinajstić information content (AvgIpc) is 2.84. The number of ether oxygens (including phenoxy) is 1. The highest BCUT2D eigenvalue weighted by Gasteiger charge is 2.24. The molecule has 5 heteroatoms. The second kappa shape index (κ2) is 6.14. The monoisotopic (exact) mass is 238 g/mol. The van der Waals surface area contributed by atoms with E-state index in [-0.39, 0.29) is 12.1 Å². The Balaban J connectivity index is 1.98. The first kappa shape index (κ1) is 12.5. The van der Waals surface area contributed by atoms with Crippen LogP contribution >= 0.6 is 0 Å². The summed E-state index contributed by atoms with van der Waals surface area (Å²) < 4.78 is 7.92. The second-order valence-corrected chi connectivity index (χ2v) is 4.51. The van der Waals surface area contributed by atoms with Gasteiger partial charge in [-0.15, -0.1) is 0 Å². The highest BCUT2D eigenvalue weighted by Crippen LogP contribution is 2.17. The zero-order valence-corrected chi connectivity index (χ0v) is 10.4. The minimum Gasteiger partial charge on any atom is -0.377 e. The van der Waals surface area contributed by atoms with Crippen LogP contribution in [-0.2, 0) is 17.7 Å². The van der Waals surface area contributed by atoms with Gasteiger partial charge in [-0.05, 0) is 26.2 Å². The van der Waals surface area contributed by atoms with Gasteiger partial charge in [-0.1, -0.05) is 0 Å². The van der Waals surface area contributed by atoms with E-state index >= 15 is 0 Å². The van der Waals surface area contributed by atoms with Crippen molar-refractivity contribution in [3.05, 3.63) is 18.2 Å². The van der Waals surface area contributed by atoms with E-state index < -0.39 is 0 Å². The summed E-state index contributed by atoms with van der Waals surface area (Å²) in [6.45, 7) is 3.91. The molecule has 1 aromatic rings. The van der Waals surface area contributed by atoms with E-state index in [1.54, 1.807) is 0 Å². The van der Waals surface area contributed by atoms with Gasteiger partial charge in [0.1, 0.15) is 5.82 Å². The largest absolute Gasteiger partial charge is 0.377 e. The molecule has 2 heterocycles. The van der Waals surface area contributed by atoms with Crippen molar-refractivity contribution in [3.8, 4) is 0 Å². The smallest absolute Gasteiger partial charge is 0.110 e. The lowest BCUT2D eigenvalue weighted by atomic mass is 10.00. The van der Waals surface area contributed by atoms with Crippen LogP contribution in [0.4, 0.5) is 0 Å². The number of aryl methyl sites for hydroxylation is 1. The average molecular weight is 238 g/mol. The van der Waals surface area contributed by atoms with Crippen molar-refractivity contribution in [2.24, 2.45) is 5.84 Å². The van der Waals surface area contributed by atoms with E-state index in [0.717, 1.165) is 38.2 Å². The quantitative estimate of drug-likeness (QED) is 0.589. The van der Waals surface area contributed by atoms with Crippen molar-refractivity contribution in [2.45, 2.75) is 51.3 Å². The molecule has 96 valence electrons. The summed E-state index contributed by atoms with van der Waals surface area (Å²) >= 11 is 0. The van der Waals surface area contributed by atoms with Gasteiger partial charge in [0.05, 0.1) is 12.1 Å². The maximum Gasteiger partial charge on any atom is 0.110 e. The Morgan fingerprint density at radius 2 is 2.53 bits per heavy atom. The molecule has 0 aliphatic carbocycles. The number of rotatable bonds is 5. The highest BCUT2D eigenvalue weighted by molar-refractivity contribution is 4.97. The van der Waals surface area contributed by atoms with Crippen LogP contribution < -0.4 is 11.3 Å². The molecular formula is C12H22N4O. The third-order valence-electron chi connectivity index (χ3n) is 3.42. The molecule has 1 aromatic heterocycles. The van der Waals surface area contributed by atoms with Crippen LogP contribution in [0.15, 0.2) is 12.4 Å². The van der Waals surface area contributed by atoms with Gasteiger partial charge in [0.15, 0.2) is 0 Å². The van der Waals surface area contributed by atoms with Crippen molar-refractivity contribution in [1.82, 2.24) is 15.0 Å². The van der Waals surface area contributed by atoms with Gasteiger partial charge in [0.25, 0.3) is 0 Å². The molecule has 2 atom stereocenters. The number of hydrazine groups is 1. The molecule has 0 bridgehead atoms. The Morgan fingerprint density at radius 3 is 3.18 bits per heavy atom. The number of nitrogens with zero attached hydrogens (tertiary/aromatic N) is 2. The number of nitrogens with one attached hydrogen (secondary N) is 1. The molecule has 5 nitrogen and oxygen atoms in total. The number of nitrogens with two attached hydrogens (primary N) is 1. The maximum atomic E-state index is 5.77. The third kappa shape index (κ3) is 3.06. The number of aromatic nitrogens is 2. The predicted molar refractivity (Wildman–Crippen MR) is 66.3 cm³/mol. The zero-order valence-electron chi connectivity index (χ0n) is 10.4. The van der Waals surface area contributed by atoms with Gasteiger partial charge in [0, 0.05) is 32.0 Å². The molecule has 1 aliphatic rings. The molecule has 0 saturated carbocycles. The van der Waals surface area contributed by atoms with Crippen LogP contribution in [0.25, 0.3) is 0 Å². The number of hydrogen-bond acceptors (Lipinski definition) is 4. The molecule has 0 amide bonds. The molecular weight excluding hydrogens is 216 g/mol. The molecule has 1 saturated heterocycles. The van der Waals surface area contributed by atoms with Crippen molar-refractivity contribution in [2.75, 3.05) is 6.61 Å². The fourth-order valence-corrected chi connectivity index (χ4v) is 2.40. The minimum absolute atomic E-state index is 0.156. The summed E-state index contributed by atoms with van der Waals surface area (Å²) in [5.41, 5.74) is 2.88. The van der Waals surface area contributed by atoms with Gasteiger partial charge >= 0.3 is 0 Å². The molecule has 0 radical (unpaired) electrons. The highest BCUT2D eigenvalue weighted by atomic mass is 16.5. The molecule has 17 heavy (non-hydrogen) atoms. The molecule has 0 spiro atoms. The molecule has 2 rings (SSSR count). The van der Waals surface area contributed by atoms with Crippen LogP contribution in [0.1, 0.15) is 32.0 Å². The first-order valence-corrected chi connectivity index (χ1v) is 6.43. The van der Waals surface area contributed by atoms with E-state index in [1.165, 1.54) is 6.42 Å². The molecule has 1 fully saturated rings. The first-order valence-electron chi connectivity index (χ1n) is 6.43. The topological polar surface area (TPSA) is 65.1 Å². The SMILES string of the molecule is CCn1ccnc1CC(NN)C1CCCCO1. The summed E-state index contributed by atoms with van der Waals surface area (Å²) in [4.78, 5) is 4.38. The van der Waals surface area contributed by atoms with Crippen molar-refractivity contribution in [3.63, 3.8) is 0 Å². The molecule has 2 unspecified atom stereocenters. The lowest BCUT2D eigenvalue weighted by Gasteiger charge is -2.29. The van der Waals surface area contributed by atoms with Crippen molar-refractivity contribution in [1.29, 1.82) is 0 Å². The number of imidazole rings is 1. The molecule has 0 aromatic carbocycles. The van der Waals surface area contributed by atoms with Gasteiger partial charge < -0.3 is 9.30 Å². The maximum absolute atomic E-state index is 5.77. The summed E-state index contributed by atoms with van der Waals surface area (Å²) in [6.07, 6.45) is 8.36. The predicted octanol–water partition coefficient (Wildman–Crippen LogP) is 0.846. The molecule has 1 aliphatic heterocycles. The van der Waals surface area contributed by atoms with Crippen LogP contribution in [0.3, 0.4) is 0 Å². The Hall–Kier alpha value is -0.910. The van der Waals surface area contributed by atoms with Crippen LogP contribution in [-0.4, -0.2) is 28.3 Å². The van der Waals surface area contributed by atoms with Gasteiger partial charge in [-0.25, -0.2) is 4.98 Å². The number of hydrogen-bond donors (Lipinski definition) is 2. The first-order chi connectivity index (χ1) is 8.35. The van der Waals surface area contributed by atoms with Gasteiger partial charge in [0.2, 0.25) is 0 Å². The van der Waals surface area contributed by atoms with Gasteiger partial charge in [-0.2, -0.15) is 0 Å². The van der Waals surface area contributed by atoms with Crippen molar-refractivity contribution >= 4 is 0 Å². The Morgan fingerprint density at radius 1 is 1.65 bits per heavy atom. The van der Waals surface area contributed by atoms with E-state index in [2.05, 4.69) is 21.9 Å². The Kier molecular flexibility index (Phi) is 4.53. The summed E-state index contributed by atoms with van der Waals surface area (Å²) in [6, 6.07) is 0.156. The van der Waals surface area contributed by atoms with Crippen molar-refractivity contribution < 1.29 is 4.74 Å². The fourth-order valence-electron chi connectivity index (χ4n) is 2.40. The standard InChI is InChI=1S/C12H22N4O/c1-2-16-7-6-14-12(16)9-10(15-13)11-5-3-4-8-17-11/h6-7,10-11,15H,2-5,8-9,13H2,1H3. The van der Waals surface area contributed by atoms with E-state index in [4.69, 9.17) is 10.6 Å². The van der Waals surface area contributed by atoms with Crippen LogP contribution in [0, 0.1) is 0 Å². The summed E-state index contributed by atoms with van der Waals surface area (Å²) in [7, 11) is 0. The molecule has 3 N–H and O–H groups in total. The fraction of sp³-hybridized carbons (Fsp3) is 0.750. The van der Waals surface area contributed by atoms with Crippen LogP contribution in [0.2, 0.25) is 0 Å². The Bertz CT molecular complexity index is 333. The zero-order chi connectivity index (χ0) is 12.1. The lowest BCUT2D eigenvalue weighted by molar-refractivity contribution is -0.00797. The van der Waals surface area contributed by atoms with E-state index in [0.29, 0.717) is 0 Å². The van der Waals surface area contributed by atoms with Gasteiger partial charge in [-0.3, -0.25) is 11.3 Å². The summed E-state index contributed by atoms with van der Waals surface area (Å²) in [5, 5.41) is 0. The second-order valence-electron chi connectivity index (χ2n) is 4.51. The Labute approximate surface area is 102 Å². The third-order valence-corrected chi connectivity index (χ3v) is 3.42. The van der Waals surface area contributed by atoms with Crippen LogP contribution in [0.5, 0.6) is 0 Å².